The van der Waals surface area contributed by atoms with Crippen LogP contribution >= 0.6 is 22.9 Å². The second-order valence-electron chi connectivity index (χ2n) is 2.57. The Labute approximate surface area is 86.1 Å². The van der Waals surface area contributed by atoms with Crippen LogP contribution in [0.4, 0.5) is 5.69 Å². The van der Waals surface area contributed by atoms with Crippen molar-refractivity contribution in [1.29, 1.82) is 0 Å². The molecular weight excluding hydrogens is 228 g/mol. The summed E-state index contributed by atoms with van der Waals surface area (Å²) in [6.45, 7) is 0. The van der Waals surface area contributed by atoms with Crippen molar-refractivity contribution in [2.75, 3.05) is 0 Å². The van der Waals surface area contributed by atoms with Gasteiger partial charge in [0.15, 0.2) is 0 Å². The van der Waals surface area contributed by atoms with E-state index in [1.54, 1.807) is 0 Å². The van der Waals surface area contributed by atoms with Gasteiger partial charge in [-0.05, 0) is 6.07 Å². The van der Waals surface area contributed by atoms with Gasteiger partial charge in [-0.3, -0.25) is 14.9 Å². The van der Waals surface area contributed by atoms with Gasteiger partial charge in [0.05, 0.1) is 15.1 Å². The molecule has 2 rings (SSSR count). The summed E-state index contributed by atoms with van der Waals surface area (Å²) in [6.07, 6.45) is 0. The number of hydrogen-bond donors (Lipinski definition) is 1. The van der Waals surface area contributed by atoms with E-state index >= 15 is 0 Å². The lowest BCUT2D eigenvalue weighted by Gasteiger charge is -1.94. The second kappa shape index (κ2) is 3.07. The highest BCUT2D eigenvalue weighted by Gasteiger charge is 2.14. The minimum atomic E-state index is -0.577. The summed E-state index contributed by atoms with van der Waals surface area (Å²) in [5.41, 5.74) is 0.338. The Hall–Kier alpha value is -1.40. The maximum atomic E-state index is 10.9. The lowest BCUT2D eigenvalue weighted by molar-refractivity contribution is -0.384. The summed E-state index contributed by atoms with van der Waals surface area (Å²) in [4.78, 5) is 23.1. The monoisotopic (exact) mass is 230 g/mol. The topological polar surface area (TPSA) is 76.0 Å². The summed E-state index contributed by atoms with van der Waals surface area (Å²) < 4.78 is 0.533. The molecule has 0 aliphatic rings. The molecule has 7 heteroatoms. The molecule has 5 nitrogen and oxygen atoms in total. The third-order valence-corrected chi connectivity index (χ3v) is 2.83. The van der Waals surface area contributed by atoms with E-state index in [9.17, 15) is 14.9 Å². The van der Waals surface area contributed by atoms with E-state index in [0.717, 1.165) is 11.3 Å². The average molecular weight is 231 g/mol. The van der Waals surface area contributed by atoms with Crippen LogP contribution in [0, 0.1) is 10.1 Å². The first kappa shape index (κ1) is 9.17. The molecular formula is C7H3ClN2O3S. The number of benzene rings is 1. The number of nitro benzene ring substituents is 1. The van der Waals surface area contributed by atoms with E-state index in [1.807, 2.05) is 0 Å². The van der Waals surface area contributed by atoms with E-state index in [4.69, 9.17) is 11.6 Å². The van der Waals surface area contributed by atoms with Gasteiger partial charge >= 0.3 is 4.87 Å². The first-order valence-electron chi connectivity index (χ1n) is 3.54. The number of hydrogen-bond acceptors (Lipinski definition) is 4. The molecule has 0 unspecified atom stereocenters. The van der Waals surface area contributed by atoms with E-state index in [0.29, 0.717) is 10.2 Å². The van der Waals surface area contributed by atoms with E-state index in [2.05, 4.69) is 4.98 Å². The van der Waals surface area contributed by atoms with Gasteiger partial charge in [0.2, 0.25) is 0 Å². The molecule has 1 heterocycles. The molecule has 0 aliphatic heterocycles. The fourth-order valence-corrected chi connectivity index (χ4v) is 2.08. The van der Waals surface area contributed by atoms with Crippen LogP contribution in [0.1, 0.15) is 0 Å². The molecule has 1 aromatic carbocycles. The third kappa shape index (κ3) is 1.38. The van der Waals surface area contributed by atoms with E-state index in [-0.39, 0.29) is 15.6 Å². The average Bonchev–Trinajstić information content (AvgIpc) is 2.42. The van der Waals surface area contributed by atoms with Crippen LogP contribution < -0.4 is 4.87 Å². The fraction of sp³-hybridized carbons (Fsp3) is 0. The summed E-state index contributed by atoms with van der Waals surface area (Å²) >= 11 is 6.57. The van der Waals surface area contributed by atoms with Crippen molar-refractivity contribution < 1.29 is 4.92 Å². The smallest absolute Gasteiger partial charge is 0.305 e. The number of thiazole rings is 1. The van der Waals surface area contributed by atoms with Crippen molar-refractivity contribution in [2.45, 2.75) is 0 Å². The molecule has 0 spiro atoms. The van der Waals surface area contributed by atoms with Crippen LogP contribution in [-0.4, -0.2) is 9.91 Å². The Balaban J connectivity index is 2.82. The van der Waals surface area contributed by atoms with Crippen molar-refractivity contribution in [1.82, 2.24) is 4.98 Å². The van der Waals surface area contributed by atoms with E-state index in [1.165, 1.54) is 12.1 Å². The molecule has 1 aromatic heterocycles. The van der Waals surface area contributed by atoms with Gasteiger partial charge in [0.1, 0.15) is 5.02 Å². The maximum absolute atomic E-state index is 10.9. The zero-order valence-corrected chi connectivity index (χ0v) is 8.19. The first-order chi connectivity index (χ1) is 6.58. The zero-order chi connectivity index (χ0) is 10.3. The van der Waals surface area contributed by atoms with Crippen molar-refractivity contribution in [3.63, 3.8) is 0 Å². The van der Waals surface area contributed by atoms with Gasteiger partial charge in [0.25, 0.3) is 5.69 Å². The molecule has 14 heavy (non-hydrogen) atoms. The van der Waals surface area contributed by atoms with Gasteiger partial charge in [-0.25, -0.2) is 0 Å². The number of H-pyrrole nitrogens is 1. The Morgan fingerprint density at radius 2 is 2.21 bits per heavy atom. The Morgan fingerprint density at radius 1 is 1.50 bits per heavy atom. The highest BCUT2D eigenvalue weighted by Crippen LogP contribution is 2.29. The molecule has 0 radical (unpaired) electrons. The Bertz CT molecular complexity index is 574. The summed E-state index contributed by atoms with van der Waals surface area (Å²) in [5.74, 6) is 0. The normalized spacial score (nSPS) is 10.6. The van der Waals surface area contributed by atoms with Gasteiger partial charge in [0, 0.05) is 6.07 Å². The van der Waals surface area contributed by atoms with Gasteiger partial charge in [-0.1, -0.05) is 22.9 Å². The largest absolute Gasteiger partial charge is 0.312 e. The molecule has 0 saturated heterocycles. The number of aromatic amines is 1. The van der Waals surface area contributed by atoms with Crippen LogP contribution in [-0.2, 0) is 0 Å². The highest BCUT2D eigenvalue weighted by atomic mass is 35.5. The quantitative estimate of drug-likeness (QED) is 0.602. The number of halogens is 1. The molecule has 0 amide bonds. The minimum Gasteiger partial charge on any atom is -0.312 e. The molecule has 0 atom stereocenters. The Kier molecular flexibility index (Phi) is 2.01. The standard InChI is InChI=1S/C7H3ClN2O3S/c8-3-1-4-6(14-7(11)9-4)2-5(3)10(12)13/h1-2H,(H,9,11). The Morgan fingerprint density at radius 3 is 2.86 bits per heavy atom. The predicted octanol–water partition coefficient (Wildman–Crippen LogP) is 2.15. The zero-order valence-electron chi connectivity index (χ0n) is 6.61. The minimum absolute atomic E-state index is 0.0246. The van der Waals surface area contributed by atoms with Crippen molar-refractivity contribution in [2.24, 2.45) is 0 Å². The van der Waals surface area contributed by atoms with Crippen molar-refractivity contribution in [3.05, 3.63) is 36.9 Å². The second-order valence-corrected chi connectivity index (χ2v) is 3.99. The molecule has 1 N–H and O–H groups in total. The third-order valence-electron chi connectivity index (χ3n) is 1.69. The van der Waals surface area contributed by atoms with Crippen molar-refractivity contribution in [3.8, 4) is 0 Å². The highest BCUT2D eigenvalue weighted by molar-refractivity contribution is 7.16. The summed E-state index contributed by atoms with van der Waals surface area (Å²) in [7, 11) is 0. The van der Waals surface area contributed by atoms with Gasteiger partial charge < -0.3 is 4.98 Å². The molecule has 0 fully saturated rings. The number of nitrogens with one attached hydrogen (secondary N) is 1. The lowest BCUT2D eigenvalue weighted by Crippen LogP contribution is -1.90. The molecule has 72 valence electrons. The van der Waals surface area contributed by atoms with Gasteiger partial charge in [-0.2, -0.15) is 0 Å². The molecule has 0 bridgehead atoms. The van der Waals surface area contributed by atoms with Gasteiger partial charge in [-0.15, -0.1) is 0 Å². The fourth-order valence-electron chi connectivity index (χ4n) is 1.10. The molecule has 0 aliphatic carbocycles. The summed E-state index contributed by atoms with van der Waals surface area (Å²) in [5, 5.41) is 10.5. The van der Waals surface area contributed by atoms with E-state index < -0.39 is 4.92 Å². The summed E-state index contributed by atoms with van der Waals surface area (Å²) in [6, 6.07) is 2.67. The van der Waals surface area contributed by atoms with Crippen LogP contribution in [0.3, 0.4) is 0 Å². The number of aromatic nitrogens is 1. The SMILES string of the molecule is O=c1[nH]c2cc(Cl)c([N+](=O)[O-])cc2s1. The lowest BCUT2D eigenvalue weighted by atomic mass is 10.3. The predicted molar refractivity (Wildman–Crippen MR) is 54.1 cm³/mol. The van der Waals surface area contributed by atoms with Crippen LogP contribution in [0.5, 0.6) is 0 Å². The van der Waals surface area contributed by atoms with Crippen LogP contribution in [0.25, 0.3) is 10.2 Å². The number of nitrogens with zero attached hydrogens (tertiary/aromatic N) is 1. The molecule has 0 saturated carbocycles. The number of fused-ring (bicyclic) bond motifs is 1. The van der Waals surface area contributed by atoms with Crippen molar-refractivity contribution >= 4 is 38.8 Å². The van der Waals surface area contributed by atoms with Crippen LogP contribution in [0.15, 0.2) is 16.9 Å². The first-order valence-corrected chi connectivity index (χ1v) is 4.74. The molecule has 2 aromatic rings. The van der Waals surface area contributed by atoms with Crippen LogP contribution in [0.2, 0.25) is 5.02 Å². The number of nitro groups is 1. The number of rotatable bonds is 1. The maximum Gasteiger partial charge on any atom is 0.305 e.